The van der Waals surface area contributed by atoms with Gasteiger partial charge < -0.3 is 15.2 Å². The molecule has 2 bridgehead atoms. The number of halogens is 1. The van der Waals surface area contributed by atoms with E-state index in [9.17, 15) is 19.5 Å². The van der Waals surface area contributed by atoms with Crippen LogP contribution in [0.4, 0.5) is 5.00 Å². The summed E-state index contributed by atoms with van der Waals surface area (Å²) in [7, 11) is 0. The van der Waals surface area contributed by atoms with Crippen LogP contribution in [0.25, 0.3) is 11.1 Å². The van der Waals surface area contributed by atoms with Crippen molar-refractivity contribution in [3.63, 3.8) is 0 Å². The Bertz CT molecular complexity index is 1020. The maximum Gasteiger partial charge on any atom is 0.342 e. The molecule has 2 fully saturated rings. The second-order valence-corrected chi connectivity index (χ2v) is 10.3. The number of carboxylic acid groups (broad SMARTS) is 1. The summed E-state index contributed by atoms with van der Waals surface area (Å²) in [5.41, 5.74) is 1.82. The van der Waals surface area contributed by atoms with E-state index in [-0.39, 0.29) is 23.8 Å². The second-order valence-electron chi connectivity index (χ2n) is 8.53. The van der Waals surface area contributed by atoms with E-state index in [0.717, 1.165) is 29.3 Å². The maximum atomic E-state index is 13.2. The molecule has 2 N–H and O–H groups in total. The average molecular weight is 506 g/mol. The Morgan fingerprint density at radius 1 is 1.13 bits per heavy atom. The summed E-state index contributed by atoms with van der Waals surface area (Å²) in [5.74, 6) is -2.81. The first kappa shape index (κ1) is 22.0. The molecular weight excluding hydrogens is 482 g/mol. The first-order valence-corrected chi connectivity index (χ1v) is 12.1. The summed E-state index contributed by atoms with van der Waals surface area (Å²) in [6, 6.07) is 7.55. The van der Waals surface area contributed by atoms with Crippen LogP contribution < -0.4 is 5.32 Å². The molecule has 164 valence electrons. The molecule has 2 saturated carbocycles. The SMILES string of the molecule is CC(C)OC(=O)c1c(-c2ccc(Br)cc2)csc1NC(=O)[C@@H]1[C@H]2CC[C@@H](C2)[C@@H]1C(=O)O. The summed E-state index contributed by atoms with van der Waals surface area (Å²) in [5, 5.41) is 14.8. The molecule has 0 aliphatic heterocycles. The Hall–Kier alpha value is -2.19. The molecule has 0 unspecified atom stereocenters. The fraction of sp³-hybridized carbons (Fsp3) is 0.435. The van der Waals surface area contributed by atoms with Gasteiger partial charge in [0.15, 0.2) is 0 Å². The zero-order valence-electron chi connectivity index (χ0n) is 17.3. The van der Waals surface area contributed by atoms with E-state index in [4.69, 9.17) is 4.74 Å². The third-order valence-corrected chi connectivity index (χ3v) is 7.66. The topological polar surface area (TPSA) is 92.7 Å². The number of aliphatic carboxylic acids is 1. The standard InChI is InChI=1S/C23H24BrNO5S/c1-11(2)30-23(29)19-16(12-5-7-15(24)8-6-12)10-31-21(19)25-20(26)17-13-3-4-14(9-13)18(17)22(27)28/h5-8,10-11,13-14,17-18H,3-4,9H2,1-2H3,(H,25,26)(H,27,28)/t13-,14-,17+,18-/m0/s1. The number of hydrogen-bond donors (Lipinski definition) is 2. The molecule has 1 aromatic heterocycles. The van der Waals surface area contributed by atoms with Gasteiger partial charge in [-0.15, -0.1) is 11.3 Å². The van der Waals surface area contributed by atoms with Gasteiger partial charge in [0.2, 0.25) is 5.91 Å². The predicted octanol–water partition coefficient (Wildman–Crippen LogP) is 5.43. The lowest BCUT2D eigenvalue weighted by atomic mass is 9.79. The zero-order valence-corrected chi connectivity index (χ0v) is 19.7. The number of esters is 1. The van der Waals surface area contributed by atoms with Crippen LogP contribution in [0.15, 0.2) is 34.1 Å². The van der Waals surface area contributed by atoms with Crippen molar-refractivity contribution < 1.29 is 24.2 Å². The van der Waals surface area contributed by atoms with Gasteiger partial charge in [0.25, 0.3) is 0 Å². The minimum Gasteiger partial charge on any atom is -0.481 e. The van der Waals surface area contributed by atoms with Crippen LogP contribution in [0.1, 0.15) is 43.5 Å². The van der Waals surface area contributed by atoms with Crippen LogP contribution in [0.2, 0.25) is 0 Å². The lowest BCUT2D eigenvalue weighted by Gasteiger charge is -2.27. The molecule has 6 nitrogen and oxygen atoms in total. The van der Waals surface area contributed by atoms with Crippen LogP contribution in [0, 0.1) is 23.7 Å². The Kier molecular flexibility index (Phi) is 6.21. The van der Waals surface area contributed by atoms with Crippen molar-refractivity contribution in [3.05, 3.63) is 39.7 Å². The van der Waals surface area contributed by atoms with E-state index in [0.29, 0.717) is 16.1 Å². The molecule has 0 saturated heterocycles. The summed E-state index contributed by atoms with van der Waals surface area (Å²) in [4.78, 5) is 37.9. The molecule has 1 amide bonds. The number of thiophene rings is 1. The van der Waals surface area contributed by atoms with Crippen LogP contribution in [-0.4, -0.2) is 29.1 Å². The van der Waals surface area contributed by atoms with Crippen molar-refractivity contribution in [2.75, 3.05) is 5.32 Å². The van der Waals surface area contributed by atoms with Crippen molar-refractivity contribution in [2.45, 2.75) is 39.2 Å². The fourth-order valence-corrected chi connectivity index (χ4v) is 6.21. The van der Waals surface area contributed by atoms with Gasteiger partial charge >= 0.3 is 11.9 Å². The highest BCUT2D eigenvalue weighted by molar-refractivity contribution is 9.10. The molecule has 2 aromatic rings. The van der Waals surface area contributed by atoms with Crippen molar-refractivity contribution in [2.24, 2.45) is 23.7 Å². The molecule has 1 aromatic carbocycles. The number of amides is 1. The van der Waals surface area contributed by atoms with Crippen molar-refractivity contribution in [1.29, 1.82) is 0 Å². The van der Waals surface area contributed by atoms with Gasteiger partial charge in [-0.2, -0.15) is 0 Å². The molecule has 4 rings (SSSR count). The Morgan fingerprint density at radius 2 is 1.77 bits per heavy atom. The van der Waals surface area contributed by atoms with Gasteiger partial charge in [-0.3, -0.25) is 9.59 Å². The van der Waals surface area contributed by atoms with Crippen LogP contribution in [0.5, 0.6) is 0 Å². The number of carbonyl (C=O) groups excluding carboxylic acids is 2. The first-order valence-electron chi connectivity index (χ1n) is 10.4. The van der Waals surface area contributed by atoms with Crippen LogP contribution in [0.3, 0.4) is 0 Å². The number of hydrogen-bond acceptors (Lipinski definition) is 5. The number of carbonyl (C=O) groups is 3. The van der Waals surface area contributed by atoms with Crippen molar-refractivity contribution >= 4 is 50.1 Å². The molecule has 31 heavy (non-hydrogen) atoms. The normalized spacial score (nSPS) is 24.4. The van der Waals surface area contributed by atoms with E-state index in [1.165, 1.54) is 11.3 Å². The van der Waals surface area contributed by atoms with Gasteiger partial charge in [0.05, 0.1) is 17.9 Å². The Labute approximate surface area is 193 Å². The lowest BCUT2D eigenvalue weighted by molar-refractivity contribution is -0.148. The predicted molar refractivity (Wildman–Crippen MR) is 122 cm³/mol. The van der Waals surface area contributed by atoms with E-state index >= 15 is 0 Å². The molecule has 0 spiro atoms. The summed E-state index contributed by atoms with van der Waals surface area (Å²) >= 11 is 4.67. The number of nitrogens with one attached hydrogen (secondary N) is 1. The number of rotatable bonds is 6. The number of fused-ring (bicyclic) bond motifs is 2. The zero-order chi connectivity index (χ0) is 22.3. The third kappa shape index (κ3) is 4.28. The number of carboxylic acids is 1. The Balaban J connectivity index is 1.66. The monoisotopic (exact) mass is 505 g/mol. The van der Waals surface area contributed by atoms with Gasteiger partial charge in [0.1, 0.15) is 10.6 Å². The lowest BCUT2D eigenvalue weighted by Crippen LogP contribution is -2.38. The molecule has 8 heteroatoms. The largest absolute Gasteiger partial charge is 0.481 e. The van der Waals surface area contributed by atoms with Crippen LogP contribution >= 0.6 is 27.3 Å². The van der Waals surface area contributed by atoms with E-state index in [1.54, 1.807) is 13.8 Å². The molecule has 2 aliphatic carbocycles. The number of ether oxygens (including phenoxy) is 1. The number of anilines is 1. The van der Waals surface area contributed by atoms with E-state index < -0.39 is 23.8 Å². The average Bonchev–Trinajstić information content (AvgIpc) is 3.42. The minimum atomic E-state index is -0.909. The smallest absolute Gasteiger partial charge is 0.342 e. The Morgan fingerprint density at radius 3 is 2.39 bits per heavy atom. The van der Waals surface area contributed by atoms with Gasteiger partial charge in [-0.25, -0.2) is 4.79 Å². The van der Waals surface area contributed by atoms with Crippen LogP contribution in [-0.2, 0) is 14.3 Å². The third-order valence-electron chi connectivity index (χ3n) is 6.23. The fourth-order valence-electron chi connectivity index (χ4n) is 4.99. The summed E-state index contributed by atoms with van der Waals surface area (Å²) in [6.45, 7) is 3.54. The number of benzene rings is 1. The summed E-state index contributed by atoms with van der Waals surface area (Å²) < 4.78 is 6.37. The van der Waals surface area contributed by atoms with Gasteiger partial charge in [-0.1, -0.05) is 28.1 Å². The molecular formula is C23H24BrNO5S. The highest BCUT2D eigenvalue weighted by Gasteiger charge is 2.54. The molecule has 4 atom stereocenters. The molecule has 2 aliphatic rings. The van der Waals surface area contributed by atoms with E-state index in [2.05, 4.69) is 21.2 Å². The molecule has 0 radical (unpaired) electrons. The quantitative estimate of drug-likeness (QED) is 0.510. The highest BCUT2D eigenvalue weighted by atomic mass is 79.9. The van der Waals surface area contributed by atoms with Crippen molar-refractivity contribution in [1.82, 2.24) is 0 Å². The van der Waals surface area contributed by atoms with E-state index in [1.807, 2.05) is 29.6 Å². The van der Waals surface area contributed by atoms with Gasteiger partial charge in [-0.05, 0) is 62.6 Å². The highest BCUT2D eigenvalue weighted by Crippen LogP contribution is 2.53. The van der Waals surface area contributed by atoms with Crippen molar-refractivity contribution in [3.8, 4) is 11.1 Å². The maximum absolute atomic E-state index is 13.2. The minimum absolute atomic E-state index is 0.0605. The second kappa shape index (κ2) is 8.74. The summed E-state index contributed by atoms with van der Waals surface area (Å²) in [6.07, 6.45) is 2.22. The van der Waals surface area contributed by atoms with Gasteiger partial charge in [0, 0.05) is 15.4 Å². The molecule has 1 heterocycles. The first-order chi connectivity index (χ1) is 14.8.